The molecular formula is C18H30N2O. The van der Waals surface area contributed by atoms with Crippen molar-refractivity contribution in [2.24, 2.45) is 5.92 Å². The van der Waals surface area contributed by atoms with Crippen LogP contribution in [-0.4, -0.2) is 30.9 Å². The maximum absolute atomic E-state index is 12.8. The van der Waals surface area contributed by atoms with E-state index in [0.717, 1.165) is 32.4 Å². The molecule has 0 spiro atoms. The number of rotatable bonds is 9. The summed E-state index contributed by atoms with van der Waals surface area (Å²) in [7, 11) is 1.90. The second-order valence-corrected chi connectivity index (χ2v) is 5.68. The molecule has 0 aliphatic heterocycles. The fraction of sp³-hybridized carbons (Fsp3) is 0.611. The first-order valence-corrected chi connectivity index (χ1v) is 8.15. The van der Waals surface area contributed by atoms with Gasteiger partial charge in [0.15, 0.2) is 0 Å². The number of amides is 1. The molecule has 0 saturated heterocycles. The number of hydrogen-bond donors (Lipinski definition) is 1. The van der Waals surface area contributed by atoms with Gasteiger partial charge in [-0.1, -0.05) is 57.5 Å². The molecule has 0 radical (unpaired) electrons. The van der Waals surface area contributed by atoms with Gasteiger partial charge in [-0.15, -0.1) is 0 Å². The lowest BCUT2D eigenvalue weighted by molar-refractivity contribution is -0.137. The minimum absolute atomic E-state index is 0.0182. The molecule has 1 amide bonds. The van der Waals surface area contributed by atoms with Gasteiger partial charge in [0.05, 0.1) is 6.04 Å². The molecule has 1 N–H and O–H groups in total. The second-order valence-electron chi connectivity index (χ2n) is 5.68. The molecule has 0 saturated carbocycles. The topological polar surface area (TPSA) is 32.3 Å². The summed E-state index contributed by atoms with van der Waals surface area (Å²) >= 11 is 0. The Morgan fingerprint density at radius 2 is 1.90 bits per heavy atom. The molecule has 3 nitrogen and oxygen atoms in total. The normalized spacial score (nSPS) is 13.7. The van der Waals surface area contributed by atoms with Gasteiger partial charge < -0.3 is 10.2 Å². The first-order chi connectivity index (χ1) is 10.2. The van der Waals surface area contributed by atoms with Crippen LogP contribution in [0.4, 0.5) is 0 Å². The molecule has 118 valence electrons. The number of carbonyl (C=O) groups excluding carboxylic acids is 1. The fourth-order valence-corrected chi connectivity index (χ4v) is 2.74. The van der Waals surface area contributed by atoms with E-state index in [1.807, 2.05) is 20.0 Å². The zero-order chi connectivity index (χ0) is 15.7. The van der Waals surface area contributed by atoms with E-state index in [2.05, 4.69) is 48.3 Å². The number of nitrogens with zero attached hydrogens (tertiary/aromatic N) is 1. The van der Waals surface area contributed by atoms with Gasteiger partial charge in [-0.05, 0) is 25.5 Å². The summed E-state index contributed by atoms with van der Waals surface area (Å²) in [5.41, 5.74) is 1.24. The van der Waals surface area contributed by atoms with Crippen LogP contribution >= 0.6 is 0 Å². The maximum atomic E-state index is 12.8. The summed E-state index contributed by atoms with van der Waals surface area (Å²) in [4.78, 5) is 14.9. The zero-order valence-electron chi connectivity index (χ0n) is 13.9. The minimum Gasteiger partial charge on any atom is -0.335 e. The third kappa shape index (κ3) is 5.16. The Morgan fingerprint density at radius 3 is 2.43 bits per heavy atom. The SMILES string of the molecule is CCCCN(C(=O)C(C)CNC)C(CC)c1ccccc1. The van der Waals surface area contributed by atoms with Gasteiger partial charge in [-0.2, -0.15) is 0 Å². The molecular weight excluding hydrogens is 260 g/mol. The number of nitrogens with one attached hydrogen (secondary N) is 1. The molecule has 0 aromatic heterocycles. The number of benzene rings is 1. The first-order valence-electron chi connectivity index (χ1n) is 8.15. The molecule has 1 aromatic rings. The van der Waals surface area contributed by atoms with Gasteiger partial charge in [0.1, 0.15) is 0 Å². The van der Waals surface area contributed by atoms with Crippen molar-refractivity contribution in [3.63, 3.8) is 0 Å². The lowest BCUT2D eigenvalue weighted by Crippen LogP contribution is -2.41. The quantitative estimate of drug-likeness (QED) is 0.753. The third-order valence-corrected chi connectivity index (χ3v) is 3.91. The molecule has 0 bridgehead atoms. The summed E-state index contributed by atoms with van der Waals surface area (Å²) in [6.45, 7) is 7.91. The van der Waals surface area contributed by atoms with Gasteiger partial charge in [0, 0.05) is 19.0 Å². The molecule has 1 rings (SSSR count). The van der Waals surface area contributed by atoms with Crippen LogP contribution in [0.5, 0.6) is 0 Å². The van der Waals surface area contributed by atoms with Gasteiger partial charge >= 0.3 is 0 Å². The van der Waals surface area contributed by atoms with Crippen molar-refractivity contribution in [3.05, 3.63) is 35.9 Å². The Balaban J connectivity index is 2.95. The molecule has 2 unspecified atom stereocenters. The standard InChI is InChI=1S/C18H30N2O/c1-5-7-13-20(18(21)15(3)14-19-4)17(6-2)16-11-9-8-10-12-16/h8-12,15,17,19H,5-7,13-14H2,1-4H3. The predicted octanol–water partition coefficient (Wildman–Crippen LogP) is 3.62. The lowest BCUT2D eigenvalue weighted by Gasteiger charge is -2.33. The van der Waals surface area contributed by atoms with Crippen molar-refractivity contribution in [1.29, 1.82) is 0 Å². The Hall–Kier alpha value is -1.35. The van der Waals surface area contributed by atoms with Crippen molar-refractivity contribution in [2.75, 3.05) is 20.1 Å². The lowest BCUT2D eigenvalue weighted by atomic mass is 10.00. The molecule has 2 atom stereocenters. The Morgan fingerprint density at radius 1 is 1.24 bits per heavy atom. The smallest absolute Gasteiger partial charge is 0.227 e. The van der Waals surface area contributed by atoms with E-state index in [9.17, 15) is 4.79 Å². The third-order valence-electron chi connectivity index (χ3n) is 3.91. The van der Waals surface area contributed by atoms with Crippen molar-refractivity contribution in [2.45, 2.75) is 46.1 Å². The van der Waals surface area contributed by atoms with Crippen LogP contribution < -0.4 is 5.32 Å². The van der Waals surface area contributed by atoms with E-state index >= 15 is 0 Å². The Labute approximate surface area is 129 Å². The monoisotopic (exact) mass is 290 g/mol. The Bertz CT molecular complexity index is 405. The number of hydrogen-bond acceptors (Lipinski definition) is 2. The van der Waals surface area contributed by atoms with Crippen molar-refractivity contribution in [3.8, 4) is 0 Å². The second kappa shape index (κ2) is 9.56. The predicted molar refractivity (Wildman–Crippen MR) is 89.2 cm³/mol. The summed E-state index contributed by atoms with van der Waals surface area (Å²) in [5, 5.41) is 3.11. The highest BCUT2D eigenvalue weighted by Gasteiger charge is 2.26. The summed E-state index contributed by atoms with van der Waals surface area (Å²) < 4.78 is 0. The molecule has 0 aliphatic carbocycles. The number of unbranched alkanes of at least 4 members (excludes halogenated alkanes) is 1. The van der Waals surface area contributed by atoms with E-state index in [0.29, 0.717) is 0 Å². The summed E-state index contributed by atoms with van der Waals surface area (Å²) in [6.07, 6.45) is 3.11. The largest absolute Gasteiger partial charge is 0.335 e. The molecule has 3 heteroatoms. The highest BCUT2D eigenvalue weighted by atomic mass is 16.2. The van der Waals surface area contributed by atoms with E-state index in [4.69, 9.17) is 0 Å². The molecule has 1 aromatic carbocycles. The molecule has 0 fully saturated rings. The first kappa shape index (κ1) is 17.7. The van der Waals surface area contributed by atoms with E-state index in [1.165, 1.54) is 5.56 Å². The van der Waals surface area contributed by atoms with Crippen LogP contribution in [0.15, 0.2) is 30.3 Å². The van der Waals surface area contributed by atoms with Gasteiger partial charge in [-0.3, -0.25) is 4.79 Å². The molecule has 21 heavy (non-hydrogen) atoms. The summed E-state index contributed by atoms with van der Waals surface area (Å²) in [6, 6.07) is 10.6. The maximum Gasteiger partial charge on any atom is 0.227 e. The van der Waals surface area contributed by atoms with Gasteiger partial charge in [-0.25, -0.2) is 0 Å². The zero-order valence-corrected chi connectivity index (χ0v) is 13.9. The summed E-state index contributed by atoms with van der Waals surface area (Å²) in [5.74, 6) is 0.276. The number of carbonyl (C=O) groups is 1. The Kier molecular flexibility index (Phi) is 8.06. The van der Waals surface area contributed by atoms with Crippen LogP contribution in [-0.2, 0) is 4.79 Å². The van der Waals surface area contributed by atoms with Gasteiger partial charge in [0.25, 0.3) is 0 Å². The van der Waals surface area contributed by atoms with Crippen LogP contribution in [0.2, 0.25) is 0 Å². The fourth-order valence-electron chi connectivity index (χ4n) is 2.74. The van der Waals surface area contributed by atoms with E-state index < -0.39 is 0 Å². The molecule has 0 aliphatic rings. The highest BCUT2D eigenvalue weighted by Crippen LogP contribution is 2.26. The highest BCUT2D eigenvalue weighted by molar-refractivity contribution is 5.79. The minimum atomic E-state index is 0.0182. The van der Waals surface area contributed by atoms with Crippen molar-refractivity contribution < 1.29 is 4.79 Å². The van der Waals surface area contributed by atoms with Crippen LogP contribution in [0.1, 0.15) is 51.6 Å². The van der Waals surface area contributed by atoms with E-state index in [-0.39, 0.29) is 17.9 Å². The van der Waals surface area contributed by atoms with Crippen molar-refractivity contribution in [1.82, 2.24) is 10.2 Å². The van der Waals surface area contributed by atoms with Crippen molar-refractivity contribution >= 4 is 5.91 Å². The van der Waals surface area contributed by atoms with Crippen LogP contribution in [0, 0.1) is 5.92 Å². The van der Waals surface area contributed by atoms with Gasteiger partial charge in [0.2, 0.25) is 5.91 Å². The average molecular weight is 290 g/mol. The average Bonchev–Trinajstić information content (AvgIpc) is 2.52. The molecule has 0 heterocycles. The van der Waals surface area contributed by atoms with Crippen LogP contribution in [0.25, 0.3) is 0 Å². The van der Waals surface area contributed by atoms with Crippen LogP contribution in [0.3, 0.4) is 0 Å². The van der Waals surface area contributed by atoms with E-state index in [1.54, 1.807) is 0 Å².